The summed E-state index contributed by atoms with van der Waals surface area (Å²) in [5.41, 5.74) is 2.92. The Balaban J connectivity index is 0. The van der Waals surface area contributed by atoms with Crippen LogP contribution in [0.2, 0.25) is 0 Å². The lowest BCUT2D eigenvalue weighted by Crippen LogP contribution is -2.24. The van der Waals surface area contributed by atoms with Crippen molar-refractivity contribution in [3.05, 3.63) is 29.8 Å². The van der Waals surface area contributed by atoms with Crippen LogP contribution in [0.1, 0.15) is 59.9 Å². The normalized spacial score (nSPS) is 11.6. The molecule has 0 amide bonds. The van der Waals surface area contributed by atoms with E-state index in [2.05, 4.69) is 50.1 Å². The van der Waals surface area contributed by atoms with Gasteiger partial charge in [-0.25, -0.2) is 0 Å². The van der Waals surface area contributed by atoms with Crippen molar-refractivity contribution in [2.75, 3.05) is 18.5 Å². The number of hydrogen-bond acceptors (Lipinski definition) is 1. The van der Waals surface area contributed by atoms with E-state index in [1.807, 2.05) is 27.7 Å². The van der Waals surface area contributed by atoms with Crippen LogP contribution in [-0.4, -0.2) is 13.6 Å². The molecule has 0 saturated heterocycles. The molecule has 1 aliphatic heterocycles. The minimum absolute atomic E-state index is 1.21. The van der Waals surface area contributed by atoms with Crippen molar-refractivity contribution in [1.29, 1.82) is 0 Å². The average Bonchev–Trinajstić information content (AvgIpc) is 2.45. The van der Waals surface area contributed by atoms with Gasteiger partial charge in [-0.3, -0.25) is 0 Å². The van der Waals surface area contributed by atoms with Crippen LogP contribution in [0.4, 0.5) is 5.69 Å². The first-order chi connectivity index (χ1) is 8.79. The van der Waals surface area contributed by atoms with E-state index in [9.17, 15) is 0 Å². The van der Waals surface area contributed by atoms with Crippen LogP contribution in [0.5, 0.6) is 0 Å². The first kappa shape index (κ1) is 19.4. The van der Waals surface area contributed by atoms with Crippen LogP contribution in [0.3, 0.4) is 0 Å². The third-order valence-electron chi connectivity index (χ3n) is 2.34. The Kier molecular flexibility index (Phi) is 15.1. The largest absolute Gasteiger partial charge is 0.374 e. The van der Waals surface area contributed by atoms with Crippen LogP contribution in [0, 0.1) is 0 Å². The number of aryl methyl sites for hydroxylation is 1. The number of nitrogens with zero attached hydrogens (tertiary/aromatic N) is 1. The van der Waals surface area contributed by atoms with E-state index < -0.39 is 0 Å². The minimum Gasteiger partial charge on any atom is -0.374 e. The van der Waals surface area contributed by atoms with Crippen molar-refractivity contribution in [3.8, 4) is 0 Å². The molecule has 0 N–H and O–H groups in total. The monoisotopic (exact) mass is 251 g/mol. The molecule has 1 heterocycles. The number of benzene rings is 1. The van der Waals surface area contributed by atoms with Gasteiger partial charge in [-0.05, 0) is 24.5 Å². The van der Waals surface area contributed by atoms with Crippen LogP contribution in [0.15, 0.2) is 24.3 Å². The molecule has 0 aromatic heterocycles. The first-order valence-electron chi connectivity index (χ1n) is 7.58. The summed E-state index contributed by atoms with van der Waals surface area (Å²) < 4.78 is 0. The van der Waals surface area contributed by atoms with Crippen molar-refractivity contribution >= 4 is 5.69 Å². The second kappa shape index (κ2) is 14.1. The number of anilines is 1. The van der Waals surface area contributed by atoms with Crippen molar-refractivity contribution in [3.63, 3.8) is 0 Å². The van der Waals surface area contributed by atoms with Crippen LogP contribution in [0.25, 0.3) is 0 Å². The zero-order valence-corrected chi connectivity index (χ0v) is 13.6. The topological polar surface area (TPSA) is 3.24 Å². The number of hydrogen-bond donors (Lipinski definition) is 0. The molecule has 0 fully saturated rings. The highest BCUT2D eigenvalue weighted by molar-refractivity contribution is 5.54. The Bertz CT molecular complexity index is 268. The van der Waals surface area contributed by atoms with Crippen LogP contribution < -0.4 is 4.90 Å². The first-order valence-corrected chi connectivity index (χ1v) is 7.58. The summed E-state index contributed by atoms with van der Waals surface area (Å²) in [6.07, 6.45) is 3.80. The molecule has 106 valence electrons. The highest BCUT2D eigenvalue weighted by Gasteiger charge is 2.11. The molecule has 1 aliphatic rings. The molecule has 1 aromatic rings. The van der Waals surface area contributed by atoms with Crippen molar-refractivity contribution in [1.82, 2.24) is 0 Å². The van der Waals surface area contributed by atoms with Crippen molar-refractivity contribution in [2.45, 2.75) is 60.8 Å². The van der Waals surface area contributed by atoms with Crippen LogP contribution >= 0.6 is 0 Å². The lowest BCUT2D eigenvalue weighted by molar-refractivity contribution is 0.744. The molecule has 0 atom stereocenters. The maximum atomic E-state index is 2.33. The van der Waals surface area contributed by atoms with Crippen LogP contribution in [-0.2, 0) is 6.42 Å². The molecule has 0 aliphatic carbocycles. The fraction of sp³-hybridized carbons (Fsp3) is 0.647. The lowest BCUT2D eigenvalue weighted by Gasteiger charge is -2.26. The third-order valence-corrected chi connectivity index (χ3v) is 2.34. The molecule has 1 heteroatoms. The molecule has 0 unspecified atom stereocenters. The fourth-order valence-corrected chi connectivity index (χ4v) is 1.72. The summed E-state index contributed by atoms with van der Waals surface area (Å²) >= 11 is 0. The molecular weight excluding hydrogens is 218 g/mol. The molecular formula is C17H33N. The van der Waals surface area contributed by atoms with Crippen molar-refractivity contribution < 1.29 is 0 Å². The van der Waals surface area contributed by atoms with E-state index in [1.54, 1.807) is 0 Å². The summed E-state index contributed by atoms with van der Waals surface area (Å²) in [7, 11) is 2.16. The molecule has 0 bridgehead atoms. The number of para-hydroxylation sites is 1. The predicted octanol–water partition coefficient (Wildman–Crippen LogP) is 5.54. The maximum Gasteiger partial charge on any atom is 0.0396 e. The van der Waals surface area contributed by atoms with Gasteiger partial charge >= 0.3 is 0 Å². The zero-order chi connectivity index (χ0) is 14.4. The number of fused-ring (bicyclic) bond motifs is 1. The van der Waals surface area contributed by atoms with E-state index in [0.29, 0.717) is 0 Å². The second-order valence-electron chi connectivity index (χ2n) is 3.86. The molecule has 0 radical (unpaired) electrons. The molecule has 18 heavy (non-hydrogen) atoms. The SMILES string of the molecule is CC.CC.CCC.CN1CCCc2ccccc21. The van der Waals surface area contributed by atoms with E-state index in [1.165, 1.54) is 37.1 Å². The summed E-state index contributed by atoms with van der Waals surface area (Å²) in [5.74, 6) is 0. The third kappa shape index (κ3) is 7.37. The Hall–Kier alpha value is -0.980. The Morgan fingerprint density at radius 1 is 1.00 bits per heavy atom. The maximum absolute atomic E-state index is 2.33. The molecule has 1 nitrogen and oxygen atoms in total. The second-order valence-corrected chi connectivity index (χ2v) is 3.86. The average molecular weight is 251 g/mol. The van der Waals surface area contributed by atoms with Gasteiger partial charge in [-0.2, -0.15) is 0 Å². The van der Waals surface area contributed by atoms with E-state index in [-0.39, 0.29) is 0 Å². The summed E-state index contributed by atoms with van der Waals surface area (Å²) in [5, 5.41) is 0. The van der Waals surface area contributed by atoms with Gasteiger partial charge in [0.1, 0.15) is 0 Å². The molecule has 1 aromatic carbocycles. The van der Waals surface area contributed by atoms with Gasteiger partial charge in [-0.1, -0.05) is 66.2 Å². The summed E-state index contributed by atoms with van der Waals surface area (Å²) in [4.78, 5) is 2.33. The summed E-state index contributed by atoms with van der Waals surface area (Å²) in [6.45, 7) is 13.5. The van der Waals surface area contributed by atoms with Gasteiger partial charge in [0, 0.05) is 19.3 Å². The quantitative estimate of drug-likeness (QED) is 0.585. The van der Waals surface area contributed by atoms with Gasteiger partial charge in [-0.15, -0.1) is 0 Å². The smallest absolute Gasteiger partial charge is 0.0396 e. The Morgan fingerprint density at radius 2 is 1.50 bits per heavy atom. The lowest BCUT2D eigenvalue weighted by atomic mass is 10.0. The van der Waals surface area contributed by atoms with E-state index >= 15 is 0 Å². The number of rotatable bonds is 0. The highest BCUT2D eigenvalue weighted by Crippen LogP contribution is 2.24. The summed E-state index contributed by atoms with van der Waals surface area (Å²) in [6, 6.07) is 8.66. The zero-order valence-electron chi connectivity index (χ0n) is 13.6. The Morgan fingerprint density at radius 3 is 2.00 bits per heavy atom. The molecule has 0 spiro atoms. The fourth-order valence-electron chi connectivity index (χ4n) is 1.72. The highest BCUT2D eigenvalue weighted by atomic mass is 15.1. The van der Waals surface area contributed by atoms with Crippen molar-refractivity contribution in [2.24, 2.45) is 0 Å². The van der Waals surface area contributed by atoms with E-state index in [4.69, 9.17) is 0 Å². The van der Waals surface area contributed by atoms with Gasteiger partial charge in [0.25, 0.3) is 0 Å². The van der Waals surface area contributed by atoms with Gasteiger partial charge in [0.05, 0.1) is 0 Å². The minimum atomic E-state index is 1.21. The van der Waals surface area contributed by atoms with Gasteiger partial charge < -0.3 is 4.90 Å². The predicted molar refractivity (Wildman–Crippen MR) is 86.7 cm³/mol. The Labute approximate surface area is 115 Å². The van der Waals surface area contributed by atoms with Gasteiger partial charge in [0.15, 0.2) is 0 Å². The van der Waals surface area contributed by atoms with Gasteiger partial charge in [0.2, 0.25) is 0 Å². The molecule has 2 rings (SSSR count). The molecule has 0 saturated carbocycles. The standard InChI is InChI=1S/C10H13N.C3H8.2C2H6/c1-11-8-4-6-9-5-2-3-7-10(9)11;1-3-2;2*1-2/h2-3,5,7H,4,6,8H2,1H3;3H2,1-2H3;2*1-2H3. The van der Waals surface area contributed by atoms with E-state index in [0.717, 1.165) is 0 Å².